The molecular formula is C11H11F2NO2. The van der Waals surface area contributed by atoms with Gasteiger partial charge in [-0.1, -0.05) is 6.08 Å². The van der Waals surface area contributed by atoms with Crippen LogP contribution < -0.4 is 5.32 Å². The Kier molecular flexibility index (Phi) is 3.60. The number of carboxylic acids is 1. The molecule has 1 aromatic rings. The van der Waals surface area contributed by atoms with Gasteiger partial charge in [-0.3, -0.25) is 0 Å². The van der Waals surface area contributed by atoms with E-state index in [2.05, 4.69) is 5.32 Å². The summed E-state index contributed by atoms with van der Waals surface area (Å²) in [7, 11) is 0. The van der Waals surface area contributed by atoms with Crippen LogP contribution in [0.2, 0.25) is 0 Å². The molecule has 0 amide bonds. The smallest absolute Gasteiger partial charge is 0.337 e. The zero-order valence-electron chi connectivity index (χ0n) is 8.84. The van der Waals surface area contributed by atoms with Crippen LogP contribution in [0, 0.1) is 11.6 Å². The number of anilines is 1. The summed E-state index contributed by atoms with van der Waals surface area (Å²) >= 11 is 0. The number of aromatic carboxylic acids is 1. The maximum atomic E-state index is 13.4. The van der Waals surface area contributed by atoms with Crippen LogP contribution in [-0.2, 0) is 0 Å². The Balaban J connectivity index is 3.32. The highest BCUT2D eigenvalue weighted by atomic mass is 19.2. The minimum absolute atomic E-state index is 0.305. The van der Waals surface area contributed by atoms with Gasteiger partial charge in [0, 0.05) is 5.70 Å². The minimum Gasteiger partial charge on any atom is -0.478 e. The molecule has 0 aliphatic rings. The van der Waals surface area contributed by atoms with Crippen molar-refractivity contribution >= 4 is 11.7 Å². The number of nitrogens with one attached hydrogen (secondary N) is 1. The number of halogens is 2. The molecule has 86 valence electrons. The van der Waals surface area contributed by atoms with Gasteiger partial charge in [0.2, 0.25) is 0 Å². The van der Waals surface area contributed by atoms with Gasteiger partial charge in [0.1, 0.15) is 0 Å². The van der Waals surface area contributed by atoms with Crippen LogP contribution in [-0.4, -0.2) is 11.1 Å². The van der Waals surface area contributed by atoms with Crippen LogP contribution in [0.15, 0.2) is 23.9 Å². The van der Waals surface area contributed by atoms with E-state index in [4.69, 9.17) is 5.11 Å². The second-order valence-corrected chi connectivity index (χ2v) is 3.19. The van der Waals surface area contributed by atoms with Gasteiger partial charge in [0.05, 0.1) is 11.3 Å². The monoisotopic (exact) mass is 227 g/mol. The molecule has 0 heterocycles. The van der Waals surface area contributed by atoms with Crippen molar-refractivity contribution < 1.29 is 18.7 Å². The molecule has 0 atom stereocenters. The molecule has 0 unspecified atom stereocenters. The molecule has 0 aromatic heterocycles. The summed E-state index contributed by atoms with van der Waals surface area (Å²) in [5.41, 5.74) is -0.129. The van der Waals surface area contributed by atoms with E-state index in [1.807, 2.05) is 0 Å². The largest absolute Gasteiger partial charge is 0.478 e. The van der Waals surface area contributed by atoms with Crippen LogP contribution >= 0.6 is 0 Å². The normalized spacial score (nSPS) is 11.4. The lowest BCUT2D eigenvalue weighted by Gasteiger charge is -2.11. The lowest BCUT2D eigenvalue weighted by atomic mass is 10.1. The molecule has 0 aliphatic heterocycles. The van der Waals surface area contributed by atoms with Gasteiger partial charge in [0.15, 0.2) is 11.6 Å². The molecule has 0 radical (unpaired) electrons. The standard InChI is InChI=1S/C11H11F2NO2/c1-3-6(2)14-10-7(11(15)16)4-5-8(12)9(10)13/h3-5,14H,1-2H3,(H,15,16)/b6-3+. The second-order valence-electron chi connectivity index (χ2n) is 3.19. The molecule has 2 N–H and O–H groups in total. The lowest BCUT2D eigenvalue weighted by Crippen LogP contribution is -2.08. The first kappa shape index (κ1) is 12.2. The molecule has 0 saturated heterocycles. The molecular weight excluding hydrogens is 216 g/mol. The first-order valence-corrected chi connectivity index (χ1v) is 4.58. The van der Waals surface area contributed by atoms with Crippen molar-refractivity contribution in [3.8, 4) is 0 Å². The highest BCUT2D eigenvalue weighted by molar-refractivity contribution is 5.94. The van der Waals surface area contributed by atoms with Crippen LogP contribution in [0.25, 0.3) is 0 Å². The van der Waals surface area contributed by atoms with Crippen LogP contribution in [0.5, 0.6) is 0 Å². The van der Waals surface area contributed by atoms with Crippen molar-refractivity contribution in [2.45, 2.75) is 13.8 Å². The predicted octanol–water partition coefficient (Wildman–Crippen LogP) is 3.00. The number of benzene rings is 1. The van der Waals surface area contributed by atoms with Crippen molar-refractivity contribution in [1.29, 1.82) is 0 Å². The van der Waals surface area contributed by atoms with E-state index in [1.165, 1.54) is 0 Å². The quantitative estimate of drug-likeness (QED) is 0.834. The Labute approximate surface area is 91.4 Å². The van der Waals surface area contributed by atoms with E-state index in [9.17, 15) is 13.6 Å². The van der Waals surface area contributed by atoms with Gasteiger partial charge < -0.3 is 10.4 Å². The van der Waals surface area contributed by atoms with E-state index >= 15 is 0 Å². The Bertz CT molecular complexity index is 456. The predicted molar refractivity (Wildman–Crippen MR) is 56.4 cm³/mol. The average Bonchev–Trinajstić information content (AvgIpc) is 2.24. The SMILES string of the molecule is C/C=C(\C)Nc1c(C(=O)O)ccc(F)c1F. The van der Waals surface area contributed by atoms with Crippen molar-refractivity contribution in [2.75, 3.05) is 5.32 Å². The highest BCUT2D eigenvalue weighted by Gasteiger charge is 2.17. The Morgan fingerprint density at radius 2 is 2.06 bits per heavy atom. The molecule has 16 heavy (non-hydrogen) atoms. The lowest BCUT2D eigenvalue weighted by molar-refractivity contribution is 0.0697. The first-order chi connectivity index (χ1) is 7.47. The molecule has 1 rings (SSSR count). The van der Waals surface area contributed by atoms with Gasteiger partial charge in [-0.05, 0) is 26.0 Å². The summed E-state index contributed by atoms with van der Waals surface area (Å²) < 4.78 is 26.3. The third-order valence-corrected chi connectivity index (χ3v) is 2.08. The van der Waals surface area contributed by atoms with E-state index in [0.29, 0.717) is 5.70 Å². The minimum atomic E-state index is -1.31. The third kappa shape index (κ3) is 2.36. The fraction of sp³-hybridized carbons (Fsp3) is 0.182. The Morgan fingerprint density at radius 1 is 1.44 bits per heavy atom. The number of rotatable bonds is 3. The number of allylic oxidation sites excluding steroid dienone is 2. The number of carboxylic acid groups (broad SMARTS) is 1. The molecule has 3 nitrogen and oxygen atoms in total. The van der Waals surface area contributed by atoms with Crippen molar-refractivity contribution in [3.63, 3.8) is 0 Å². The number of carbonyl (C=O) groups is 1. The average molecular weight is 227 g/mol. The molecule has 5 heteroatoms. The molecule has 0 saturated carbocycles. The molecule has 0 aliphatic carbocycles. The fourth-order valence-electron chi connectivity index (χ4n) is 1.12. The number of hydrogen-bond donors (Lipinski definition) is 2. The molecule has 0 fully saturated rings. The van der Waals surface area contributed by atoms with Gasteiger partial charge in [-0.25, -0.2) is 13.6 Å². The van der Waals surface area contributed by atoms with Crippen LogP contribution in [0.3, 0.4) is 0 Å². The topological polar surface area (TPSA) is 49.3 Å². The molecule has 1 aromatic carbocycles. The van der Waals surface area contributed by atoms with E-state index in [0.717, 1.165) is 12.1 Å². The van der Waals surface area contributed by atoms with Gasteiger partial charge in [-0.15, -0.1) is 0 Å². The summed E-state index contributed by atoms with van der Waals surface area (Å²) in [6.45, 7) is 3.32. The second kappa shape index (κ2) is 4.74. The van der Waals surface area contributed by atoms with Crippen LogP contribution in [0.4, 0.5) is 14.5 Å². The summed E-state index contributed by atoms with van der Waals surface area (Å²) in [4.78, 5) is 10.8. The van der Waals surface area contributed by atoms with Crippen molar-refractivity contribution in [1.82, 2.24) is 0 Å². The molecule has 0 bridgehead atoms. The summed E-state index contributed by atoms with van der Waals surface area (Å²) in [6, 6.07) is 1.81. The van der Waals surface area contributed by atoms with Gasteiger partial charge in [0.25, 0.3) is 0 Å². The Hall–Kier alpha value is -1.91. The fourth-order valence-corrected chi connectivity index (χ4v) is 1.12. The van der Waals surface area contributed by atoms with E-state index in [1.54, 1.807) is 19.9 Å². The first-order valence-electron chi connectivity index (χ1n) is 4.58. The summed E-state index contributed by atoms with van der Waals surface area (Å²) in [6.07, 6.45) is 1.62. The maximum Gasteiger partial charge on any atom is 0.337 e. The number of hydrogen-bond acceptors (Lipinski definition) is 2. The van der Waals surface area contributed by atoms with E-state index < -0.39 is 17.6 Å². The highest BCUT2D eigenvalue weighted by Crippen LogP contribution is 2.24. The summed E-state index contributed by atoms with van der Waals surface area (Å²) in [5.74, 6) is -3.59. The summed E-state index contributed by atoms with van der Waals surface area (Å²) in [5, 5.41) is 11.3. The van der Waals surface area contributed by atoms with Crippen LogP contribution in [0.1, 0.15) is 24.2 Å². The zero-order chi connectivity index (χ0) is 12.3. The maximum absolute atomic E-state index is 13.4. The van der Waals surface area contributed by atoms with Gasteiger partial charge in [-0.2, -0.15) is 0 Å². The van der Waals surface area contributed by atoms with Crippen molar-refractivity contribution in [2.24, 2.45) is 0 Å². The molecule has 0 spiro atoms. The third-order valence-electron chi connectivity index (χ3n) is 2.08. The van der Waals surface area contributed by atoms with E-state index in [-0.39, 0.29) is 11.3 Å². The van der Waals surface area contributed by atoms with Gasteiger partial charge >= 0.3 is 5.97 Å². The Morgan fingerprint density at radius 3 is 2.56 bits per heavy atom. The zero-order valence-corrected chi connectivity index (χ0v) is 8.84. The van der Waals surface area contributed by atoms with Crippen molar-refractivity contribution in [3.05, 3.63) is 41.1 Å².